The first-order valence-corrected chi connectivity index (χ1v) is 9.94. The van der Waals surface area contributed by atoms with Crippen molar-refractivity contribution < 1.29 is 18.8 Å². The van der Waals surface area contributed by atoms with Gasteiger partial charge in [0, 0.05) is 13.1 Å². The van der Waals surface area contributed by atoms with Crippen LogP contribution in [0.3, 0.4) is 0 Å². The predicted octanol–water partition coefficient (Wildman–Crippen LogP) is 2.34. The summed E-state index contributed by atoms with van der Waals surface area (Å²) in [5.74, 6) is -0.819. The van der Waals surface area contributed by atoms with Gasteiger partial charge in [0.1, 0.15) is 12.1 Å². The molecule has 0 bridgehead atoms. The number of furan rings is 1. The molecule has 2 aromatic rings. The van der Waals surface area contributed by atoms with E-state index in [9.17, 15) is 14.4 Å². The predicted molar refractivity (Wildman–Crippen MR) is 108 cm³/mol. The summed E-state index contributed by atoms with van der Waals surface area (Å²) in [5, 5.41) is 5.68. The van der Waals surface area contributed by atoms with Crippen LogP contribution in [0, 0.1) is 5.92 Å². The van der Waals surface area contributed by atoms with Crippen LogP contribution in [0.4, 0.5) is 0 Å². The second-order valence-electron chi connectivity index (χ2n) is 7.57. The molecule has 3 rings (SSSR count). The molecular weight excluding hydrogens is 370 g/mol. The zero-order valence-electron chi connectivity index (χ0n) is 16.8. The minimum absolute atomic E-state index is 0.130. The highest BCUT2D eigenvalue weighted by Crippen LogP contribution is 2.21. The molecule has 0 radical (unpaired) electrons. The van der Waals surface area contributed by atoms with Crippen molar-refractivity contribution in [3.05, 3.63) is 60.1 Å². The van der Waals surface area contributed by atoms with Crippen LogP contribution in [0.5, 0.6) is 0 Å². The Morgan fingerprint density at radius 3 is 2.55 bits per heavy atom. The molecule has 0 spiro atoms. The van der Waals surface area contributed by atoms with Gasteiger partial charge in [0.2, 0.25) is 11.8 Å². The summed E-state index contributed by atoms with van der Waals surface area (Å²) in [6, 6.07) is 11.6. The SMILES string of the molecule is CC(C)[C@H](NC(=O)c1ccco1)C(=O)N1CCC[C@H]1C(=O)NCc1ccccc1. The van der Waals surface area contributed by atoms with E-state index in [4.69, 9.17) is 4.42 Å². The molecule has 1 aliphatic rings. The van der Waals surface area contributed by atoms with E-state index in [1.165, 1.54) is 6.26 Å². The van der Waals surface area contributed by atoms with Crippen molar-refractivity contribution in [1.82, 2.24) is 15.5 Å². The van der Waals surface area contributed by atoms with Crippen LogP contribution < -0.4 is 10.6 Å². The third-order valence-corrected chi connectivity index (χ3v) is 5.11. The van der Waals surface area contributed by atoms with E-state index in [0.29, 0.717) is 19.5 Å². The lowest BCUT2D eigenvalue weighted by Crippen LogP contribution is -2.55. The molecule has 29 heavy (non-hydrogen) atoms. The van der Waals surface area contributed by atoms with E-state index in [0.717, 1.165) is 12.0 Å². The molecule has 1 aromatic carbocycles. The van der Waals surface area contributed by atoms with Gasteiger partial charge in [-0.25, -0.2) is 0 Å². The standard InChI is InChI=1S/C22H27N3O4/c1-15(2)19(24-21(27)18-11-7-13-29-18)22(28)25-12-6-10-17(25)20(26)23-14-16-8-4-3-5-9-16/h3-5,7-9,11,13,15,17,19H,6,10,12,14H2,1-2H3,(H,23,26)(H,24,27)/t17-,19-/m0/s1. The Labute approximate surface area is 170 Å². The highest BCUT2D eigenvalue weighted by Gasteiger charge is 2.38. The van der Waals surface area contributed by atoms with E-state index in [1.54, 1.807) is 17.0 Å². The smallest absolute Gasteiger partial charge is 0.287 e. The van der Waals surface area contributed by atoms with Crippen molar-refractivity contribution in [3.8, 4) is 0 Å². The number of rotatable bonds is 7. The molecule has 2 atom stereocenters. The third-order valence-electron chi connectivity index (χ3n) is 5.11. The van der Waals surface area contributed by atoms with Crippen molar-refractivity contribution in [3.63, 3.8) is 0 Å². The summed E-state index contributed by atoms with van der Waals surface area (Å²) in [6.45, 7) is 4.65. The number of carbonyl (C=O) groups excluding carboxylic acids is 3. The molecule has 0 unspecified atom stereocenters. The van der Waals surface area contributed by atoms with Crippen LogP contribution in [0.25, 0.3) is 0 Å². The first kappa shape index (κ1) is 20.6. The van der Waals surface area contributed by atoms with Gasteiger partial charge in [-0.2, -0.15) is 0 Å². The molecule has 0 saturated carbocycles. The fourth-order valence-electron chi connectivity index (χ4n) is 3.52. The zero-order chi connectivity index (χ0) is 20.8. The largest absolute Gasteiger partial charge is 0.459 e. The van der Waals surface area contributed by atoms with E-state index >= 15 is 0 Å². The lowest BCUT2D eigenvalue weighted by atomic mass is 10.0. The normalized spacial score (nSPS) is 17.2. The minimum Gasteiger partial charge on any atom is -0.459 e. The summed E-state index contributed by atoms with van der Waals surface area (Å²) in [6.07, 6.45) is 2.78. The maximum Gasteiger partial charge on any atom is 0.287 e. The molecule has 2 heterocycles. The van der Waals surface area contributed by atoms with Crippen molar-refractivity contribution in [1.29, 1.82) is 0 Å². The number of likely N-dealkylation sites (tertiary alicyclic amines) is 1. The Morgan fingerprint density at radius 2 is 1.90 bits per heavy atom. The molecule has 0 aliphatic carbocycles. The monoisotopic (exact) mass is 397 g/mol. The quantitative estimate of drug-likeness (QED) is 0.750. The third kappa shape index (κ3) is 5.04. The maximum absolute atomic E-state index is 13.2. The summed E-state index contributed by atoms with van der Waals surface area (Å²) < 4.78 is 5.11. The number of nitrogens with one attached hydrogen (secondary N) is 2. The molecule has 2 N–H and O–H groups in total. The molecule has 1 saturated heterocycles. The summed E-state index contributed by atoms with van der Waals surface area (Å²) in [4.78, 5) is 39.9. The van der Waals surface area contributed by atoms with Gasteiger partial charge in [-0.15, -0.1) is 0 Å². The van der Waals surface area contributed by atoms with E-state index in [-0.39, 0.29) is 23.5 Å². The van der Waals surface area contributed by atoms with Crippen LogP contribution in [0.15, 0.2) is 53.1 Å². The molecule has 154 valence electrons. The summed E-state index contributed by atoms with van der Waals surface area (Å²) in [5.41, 5.74) is 1.00. The molecule has 1 aromatic heterocycles. The number of amides is 3. The number of nitrogens with zero attached hydrogens (tertiary/aromatic N) is 1. The topological polar surface area (TPSA) is 91.7 Å². The van der Waals surface area contributed by atoms with Gasteiger partial charge < -0.3 is 20.0 Å². The van der Waals surface area contributed by atoms with Gasteiger partial charge in [0.15, 0.2) is 5.76 Å². The number of hydrogen-bond donors (Lipinski definition) is 2. The zero-order valence-corrected chi connectivity index (χ0v) is 16.8. The lowest BCUT2D eigenvalue weighted by Gasteiger charge is -2.30. The number of benzene rings is 1. The first-order chi connectivity index (χ1) is 14.0. The molecule has 1 aliphatic heterocycles. The average Bonchev–Trinajstić information content (AvgIpc) is 3.42. The number of carbonyl (C=O) groups is 3. The Morgan fingerprint density at radius 1 is 1.14 bits per heavy atom. The van der Waals surface area contributed by atoms with Gasteiger partial charge in [0.25, 0.3) is 5.91 Å². The van der Waals surface area contributed by atoms with Gasteiger partial charge >= 0.3 is 0 Å². The first-order valence-electron chi connectivity index (χ1n) is 9.94. The van der Waals surface area contributed by atoms with E-state index in [2.05, 4.69) is 10.6 Å². The van der Waals surface area contributed by atoms with Gasteiger partial charge in [0.05, 0.1) is 6.26 Å². The number of hydrogen-bond acceptors (Lipinski definition) is 4. The fourth-order valence-corrected chi connectivity index (χ4v) is 3.52. The highest BCUT2D eigenvalue weighted by molar-refractivity contribution is 5.97. The van der Waals surface area contributed by atoms with Crippen molar-refractivity contribution in [2.45, 2.75) is 45.3 Å². The molecule has 3 amide bonds. The maximum atomic E-state index is 13.2. The summed E-state index contributed by atoms with van der Waals surface area (Å²) >= 11 is 0. The van der Waals surface area contributed by atoms with Crippen molar-refractivity contribution >= 4 is 17.7 Å². The van der Waals surface area contributed by atoms with Crippen molar-refractivity contribution in [2.24, 2.45) is 5.92 Å². The lowest BCUT2D eigenvalue weighted by molar-refractivity contribution is -0.140. The van der Waals surface area contributed by atoms with Crippen LogP contribution in [-0.4, -0.2) is 41.2 Å². The second-order valence-corrected chi connectivity index (χ2v) is 7.57. The molecule has 1 fully saturated rings. The van der Waals surface area contributed by atoms with Crippen molar-refractivity contribution in [2.75, 3.05) is 6.54 Å². The molecule has 7 nitrogen and oxygen atoms in total. The summed E-state index contributed by atoms with van der Waals surface area (Å²) in [7, 11) is 0. The Balaban J connectivity index is 1.65. The molecule has 7 heteroatoms. The van der Waals surface area contributed by atoms with Gasteiger partial charge in [-0.05, 0) is 36.5 Å². The van der Waals surface area contributed by atoms with Crippen LogP contribution in [-0.2, 0) is 16.1 Å². The van der Waals surface area contributed by atoms with Gasteiger partial charge in [-0.3, -0.25) is 14.4 Å². The average molecular weight is 397 g/mol. The van der Waals surface area contributed by atoms with E-state index < -0.39 is 18.0 Å². The Bertz CT molecular complexity index is 833. The Kier molecular flexibility index (Phi) is 6.69. The fraction of sp³-hybridized carbons (Fsp3) is 0.409. The van der Waals surface area contributed by atoms with Crippen LogP contribution in [0.2, 0.25) is 0 Å². The van der Waals surface area contributed by atoms with Crippen LogP contribution >= 0.6 is 0 Å². The second kappa shape index (κ2) is 9.41. The Hall–Kier alpha value is -3.09. The highest BCUT2D eigenvalue weighted by atomic mass is 16.3. The minimum atomic E-state index is -0.727. The molecular formula is C22H27N3O4. The van der Waals surface area contributed by atoms with Crippen LogP contribution in [0.1, 0.15) is 42.8 Å². The van der Waals surface area contributed by atoms with E-state index in [1.807, 2.05) is 44.2 Å². The van der Waals surface area contributed by atoms with Gasteiger partial charge in [-0.1, -0.05) is 44.2 Å².